The Morgan fingerprint density at radius 3 is 2.17 bits per heavy atom. The Morgan fingerprint density at radius 2 is 2.00 bits per heavy atom. The average Bonchev–Trinajstić information content (AvgIpc) is 1.72. The lowest BCUT2D eigenvalue weighted by atomic mass is 11.0. The molecule has 0 saturated heterocycles. The van der Waals surface area contributed by atoms with Crippen molar-refractivity contribution >= 4 is 64.3 Å². The molecule has 1 aliphatic rings. The lowest BCUT2D eigenvalue weighted by Gasteiger charge is -1.74. The summed E-state index contributed by atoms with van der Waals surface area (Å²) in [6.07, 6.45) is 0. The zero-order valence-electron chi connectivity index (χ0n) is 2.87. The van der Waals surface area contributed by atoms with E-state index in [-0.39, 0.29) is 0 Å². The first kappa shape index (κ1) is 5.93. The van der Waals surface area contributed by atoms with Crippen LogP contribution in [0.2, 0.25) is 0 Å². The van der Waals surface area contributed by atoms with Gasteiger partial charge >= 0.3 is 0 Å². The van der Waals surface area contributed by atoms with Crippen LogP contribution in [0.5, 0.6) is 0 Å². The standard InChI is InChI=1S/C3H3I3/c1-2-5-6-3-4-1/h1-3H. The lowest BCUT2D eigenvalue weighted by molar-refractivity contribution is 3.95. The van der Waals surface area contributed by atoms with Crippen molar-refractivity contribution in [2.75, 3.05) is 0 Å². The Balaban J connectivity index is 2.77. The van der Waals surface area contributed by atoms with Gasteiger partial charge in [-0.1, -0.05) is 37.5 Å². The van der Waals surface area contributed by atoms with Crippen LogP contribution in [-0.4, -0.2) is 10.0 Å². The number of hydrogen-bond acceptors (Lipinski definition) is 0. The van der Waals surface area contributed by atoms with Crippen LogP contribution >= 0.6 is 54.2 Å². The molecule has 1 rings (SSSR count). The summed E-state index contributed by atoms with van der Waals surface area (Å²) in [5.74, 6) is 0. The second kappa shape index (κ2) is 3.76. The predicted molar refractivity (Wildman–Crippen MR) is 60.3 cm³/mol. The molecule has 0 nitrogen and oxygen atoms in total. The molecule has 0 aromatic rings. The summed E-state index contributed by atoms with van der Waals surface area (Å²) in [6.45, 7) is 0. The van der Waals surface area contributed by atoms with Crippen LogP contribution < -0.4 is 0 Å². The van der Waals surface area contributed by atoms with Gasteiger partial charge in [-0.05, 0) is 24.8 Å². The molecule has 0 N–H and O–H groups in total. The monoisotopic (exact) mass is 420 g/mol. The fourth-order valence-electron chi connectivity index (χ4n) is 0.136. The van der Waals surface area contributed by atoms with Crippen molar-refractivity contribution in [2.24, 2.45) is 0 Å². The summed E-state index contributed by atoms with van der Waals surface area (Å²) in [4.78, 5) is 0. The molecule has 36 valence electrons. The molecule has 0 bridgehead atoms. The highest BCUT2D eigenvalue weighted by Crippen LogP contribution is 2.21. The molecule has 1 aliphatic heterocycles. The predicted octanol–water partition coefficient (Wildman–Crippen LogP) is 2.19. The van der Waals surface area contributed by atoms with Crippen LogP contribution in [0.3, 0.4) is 0 Å². The fourth-order valence-corrected chi connectivity index (χ4v) is 20.0. The van der Waals surface area contributed by atoms with Gasteiger partial charge in [0.05, 0.1) is 0 Å². The third kappa shape index (κ3) is 2.20. The van der Waals surface area contributed by atoms with E-state index < -0.39 is 0 Å². The number of rotatable bonds is 0. The molecular formula is C3H3I3. The van der Waals surface area contributed by atoms with Crippen molar-refractivity contribution in [2.45, 2.75) is 0 Å². The molecule has 0 aromatic heterocycles. The molecule has 0 amide bonds. The second-order valence-electron chi connectivity index (χ2n) is 0.625. The largest absolute Gasteiger partial charge is 0.0865 e. The number of halogens is 3. The topological polar surface area (TPSA) is 0 Å². The maximum atomic E-state index is 2.57. The maximum absolute atomic E-state index is 2.57. The summed E-state index contributed by atoms with van der Waals surface area (Å²) >= 11 is 1.76. The first-order valence-corrected chi connectivity index (χ1v) is 12.6. The van der Waals surface area contributed by atoms with E-state index in [0.29, 0.717) is 54.2 Å². The third-order valence-corrected chi connectivity index (χ3v) is 18.5. The Hall–Kier alpha value is 1.80. The smallest absolute Gasteiger partial charge is 0.00997 e. The van der Waals surface area contributed by atoms with Gasteiger partial charge < -0.3 is 0 Å². The number of hydrogen-bond donors (Lipinski definition) is 0. The molecule has 0 atom stereocenters. The van der Waals surface area contributed by atoms with Crippen LogP contribution in [0.4, 0.5) is 0 Å². The summed E-state index contributed by atoms with van der Waals surface area (Å²) < 4.78 is 7.42. The first-order valence-electron chi connectivity index (χ1n) is 1.35. The highest BCUT2D eigenvalue weighted by molar-refractivity contribution is 15.1. The van der Waals surface area contributed by atoms with Gasteiger partial charge in [0.25, 0.3) is 0 Å². The quantitative estimate of drug-likeness (QED) is 0.528. The molecular weight excluding hydrogens is 417 g/mol. The summed E-state index contributed by atoms with van der Waals surface area (Å²) in [5.41, 5.74) is 0. The minimum Gasteiger partial charge on any atom is -0.0865 e. The Labute approximate surface area is 63.0 Å². The van der Waals surface area contributed by atoms with E-state index in [4.69, 9.17) is 0 Å². The van der Waals surface area contributed by atoms with Gasteiger partial charge in [-0.15, -0.1) is 0 Å². The van der Waals surface area contributed by atoms with E-state index in [1.165, 1.54) is 0 Å². The van der Waals surface area contributed by atoms with Crippen molar-refractivity contribution in [1.29, 1.82) is 0 Å². The third-order valence-electron chi connectivity index (χ3n) is 0.294. The molecule has 0 fully saturated rings. The first-order chi connectivity index (χ1) is 3.00. The SMILES string of the molecule is C1=IC=II=C1. The van der Waals surface area contributed by atoms with Crippen molar-refractivity contribution in [1.82, 2.24) is 0 Å². The maximum Gasteiger partial charge on any atom is 0.00997 e. The summed E-state index contributed by atoms with van der Waals surface area (Å²) in [6, 6.07) is 0. The van der Waals surface area contributed by atoms with E-state index in [9.17, 15) is 0 Å². The zero-order chi connectivity index (χ0) is 4.24. The summed E-state index contributed by atoms with van der Waals surface area (Å²) in [7, 11) is 0. The Bertz CT molecular complexity index is 75.4. The van der Waals surface area contributed by atoms with E-state index >= 15 is 0 Å². The second-order valence-corrected chi connectivity index (χ2v) is 13.7. The summed E-state index contributed by atoms with van der Waals surface area (Å²) in [5, 5.41) is 0. The van der Waals surface area contributed by atoms with Gasteiger partial charge in [0.2, 0.25) is 0 Å². The van der Waals surface area contributed by atoms with Gasteiger partial charge in [-0.2, -0.15) is 0 Å². The van der Waals surface area contributed by atoms with Gasteiger partial charge in [0, 0.05) is 2.02 Å². The molecule has 0 aliphatic carbocycles. The fraction of sp³-hybridized carbons (Fsp3) is 0. The van der Waals surface area contributed by atoms with Gasteiger partial charge in [-0.25, -0.2) is 0 Å². The lowest BCUT2D eigenvalue weighted by Crippen LogP contribution is -1.60. The van der Waals surface area contributed by atoms with E-state index in [2.05, 4.69) is 10.0 Å². The van der Waals surface area contributed by atoms with Crippen molar-refractivity contribution in [3.05, 3.63) is 0 Å². The van der Waals surface area contributed by atoms with Crippen LogP contribution in [-0.2, 0) is 0 Å². The zero-order valence-corrected chi connectivity index (χ0v) is 9.34. The van der Waals surface area contributed by atoms with E-state index in [0.717, 1.165) is 0 Å². The van der Waals surface area contributed by atoms with Crippen LogP contribution in [0.15, 0.2) is 0 Å². The van der Waals surface area contributed by atoms with Crippen molar-refractivity contribution in [3.8, 4) is 0 Å². The van der Waals surface area contributed by atoms with Crippen molar-refractivity contribution in [3.63, 3.8) is 0 Å². The minimum atomic E-state index is 0.486. The molecule has 3 heteroatoms. The van der Waals surface area contributed by atoms with Crippen LogP contribution in [0, 0.1) is 0 Å². The van der Waals surface area contributed by atoms with E-state index in [1.807, 2.05) is 0 Å². The van der Waals surface area contributed by atoms with Gasteiger partial charge in [0.15, 0.2) is 0 Å². The molecule has 0 unspecified atom stereocenters. The Kier molecular flexibility index (Phi) is 3.71. The molecule has 0 saturated carbocycles. The van der Waals surface area contributed by atoms with Gasteiger partial charge in [0.1, 0.15) is 0 Å². The van der Waals surface area contributed by atoms with Crippen LogP contribution in [0.25, 0.3) is 0 Å². The van der Waals surface area contributed by atoms with Gasteiger partial charge in [-0.3, -0.25) is 0 Å². The highest BCUT2D eigenvalue weighted by atomic mass is 128. The average molecular weight is 420 g/mol. The van der Waals surface area contributed by atoms with Crippen LogP contribution in [0.1, 0.15) is 0 Å². The molecule has 0 aromatic carbocycles. The molecule has 6 heavy (non-hydrogen) atoms. The van der Waals surface area contributed by atoms with E-state index in [1.54, 1.807) is 0 Å². The minimum absolute atomic E-state index is 0.486. The Morgan fingerprint density at radius 1 is 1.00 bits per heavy atom. The molecule has 1 heterocycles. The molecule has 0 spiro atoms. The highest BCUT2D eigenvalue weighted by Gasteiger charge is 1.67. The molecule has 0 radical (unpaired) electrons. The van der Waals surface area contributed by atoms with Crippen molar-refractivity contribution < 1.29 is 0 Å². The normalized spacial score (nSPS) is 20.0.